The number of aromatic nitrogens is 3. The smallest absolute Gasteiger partial charge is 0.175 e. The van der Waals surface area contributed by atoms with Crippen LogP contribution in [0.3, 0.4) is 0 Å². The highest BCUT2D eigenvalue weighted by Gasteiger charge is 2.21. The molecule has 1 aliphatic heterocycles. The molecule has 0 unspecified atom stereocenters. The molecule has 4 rings (SSSR count). The second kappa shape index (κ2) is 7.55. The first-order valence-corrected chi connectivity index (χ1v) is 10.9. The lowest BCUT2D eigenvalue weighted by Crippen LogP contribution is -2.47. The molecular weight excluding hydrogens is 374 g/mol. The van der Waals surface area contributed by atoms with Crippen LogP contribution in [0.1, 0.15) is 0 Å². The minimum Gasteiger partial charge on any atom is -0.368 e. The number of benzene rings is 1. The van der Waals surface area contributed by atoms with Crippen LogP contribution < -0.4 is 9.80 Å². The summed E-state index contributed by atoms with van der Waals surface area (Å²) >= 11 is 0. The summed E-state index contributed by atoms with van der Waals surface area (Å²) in [4.78, 5) is 18.0. The molecule has 0 spiro atoms. The minimum atomic E-state index is -3.22. The van der Waals surface area contributed by atoms with Gasteiger partial charge in [-0.25, -0.2) is 13.4 Å². The lowest BCUT2D eigenvalue weighted by Gasteiger charge is -2.37. The van der Waals surface area contributed by atoms with Crippen LogP contribution in [0.5, 0.6) is 0 Å². The molecule has 0 radical (unpaired) electrons. The van der Waals surface area contributed by atoms with Gasteiger partial charge in [0.2, 0.25) is 0 Å². The van der Waals surface area contributed by atoms with E-state index >= 15 is 0 Å². The van der Waals surface area contributed by atoms with E-state index in [2.05, 4.69) is 24.8 Å². The summed E-state index contributed by atoms with van der Waals surface area (Å²) in [6, 6.07) is 10.8. The number of hydrogen-bond acceptors (Lipinski definition) is 7. The van der Waals surface area contributed by atoms with Crippen LogP contribution in [0.4, 0.5) is 11.5 Å². The zero-order chi connectivity index (χ0) is 19.6. The molecule has 7 nitrogen and oxygen atoms in total. The van der Waals surface area contributed by atoms with Gasteiger partial charge in [-0.2, -0.15) is 0 Å². The SMILES string of the molecule is CS(=O)(=O)c1ccc(-c2nccnc2N2CCN(c3ccncc3)CC2)cc1. The molecule has 1 saturated heterocycles. The Bertz CT molecular complexity index is 1050. The van der Waals surface area contributed by atoms with E-state index in [1.165, 1.54) is 11.9 Å². The molecule has 0 saturated carbocycles. The van der Waals surface area contributed by atoms with E-state index in [1.807, 2.05) is 24.5 Å². The molecule has 1 fully saturated rings. The molecule has 8 heteroatoms. The van der Waals surface area contributed by atoms with Gasteiger partial charge in [-0.15, -0.1) is 0 Å². The Morgan fingerprint density at radius 1 is 0.786 bits per heavy atom. The van der Waals surface area contributed by atoms with Crippen molar-refractivity contribution < 1.29 is 8.42 Å². The number of nitrogens with zero attached hydrogens (tertiary/aromatic N) is 5. The van der Waals surface area contributed by atoms with Crippen molar-refractivity contribution in [2.24, 2.45) is 0 Å². The molecule has 0 amide bonds. The van der Waals surface area contributed by atoms with Crippen molar-refractivity contribution in [1.29, 1.82) is 0 Å². The molecular formula is C20H21N5O2S. The van der Waals surface area contributed by atoms with Crippen molar-refractivity contribution in [2.45, 2.75) is 4.90 Å². The van der Waals surface area contributed by atoms with Gasteiger partial charge in [0.15, 0.2) is 15.7 Å². The zero-order valence-corrected chi connectivity index (χ0v) is 16.4. The molecule has 1 aliphatic rings. The molecule has 0 aliphatic carbocycles. The summed E-state index contributed by atoms with van der Waals surface area (Å²) in [6.45, 7) is 3.42. The van der Waals surface area contributed by atoms with Crippen LogP contribution in [-0.4, -0.2) is 55.8 Å². The first-order chi connectivity index (χ1) is 13.5. The first-order valence-electron chi connectivity index (χ1n) is 9.04. The Labute approximate surface area is 164 Å². The highest BCUT2D eigenvalue weighted by atomic mass is 32.2. The van der Waals surface area contributed by atoms with Crippen LogP contribution >= 0.6 is 0 Å². The molecule has 1 aromatic carbocycles. The largest absolute Gasteiger partial charge is 0.368 e. The van der Waals surface area contributed by atoms with E-state index in [0.717, 1.165) is 43.3 Å². The lowest BCUT2D eigenvalue weighted by atomic mass is 10.1. The maximum absolute atomic E-state index is 11.7. The van der Waals surface area contributed by atoms with Crippen LogP contribution in [0.2, 0.25) is 0 Å². The monoisotopic (exact) mass is 395 g/mol. The average Bonchev–Trinajstić information content (AvgIpc) is 2.74. The van der Waals surface area contributed by atoms with E-state index in [1.54, 1.807) is 36.7 Å². The number of pyridine rings is 1. The van der Waals surface area contributed by atoms with E-state index in [-0.39, 0.29) is 0 Å². The van der Waals surface area contributed by atoms with Crippen LogP contribution in [0.15, 0.2) is 66.1 Å². The third-order valence-electron chi connectivity index (χ3n) is 4.84. The van der Waals surface area contributed by atoms with Gasteiger partial charge in [-0.3, -0.25) is 9.97 Å². The van der Waals surface area contributed by atoms with Crippen molar-refractivity contribution in [3.05, 3.63) is 61.2 Å². The van der Waals surface area contributed by atoms with Crippen molar-refractivity contribution in [3.8, 4) is 11.3 Å². The topological polar surface area (TPSA) is 79.3 Å². The van der Waals surface area contributed by atoms with Gasteiger partial charge in [0.25, 0.3) is 0 Å². The fourth-order valence-corrected chi connectivity index (χ4v) is 3.99. The predicted molar refractivity (Wildman–Crippen MR) is 109 cm³/mol. The predicted octanol–water partition coefficient (Wildman–Crippen LogP) is 2.27. The van der Waals surface area contributed by atoms with E-state index in [4.69, 9.17) is 0 Å². The Kier molecular flexibility index (Phi) is 4.95. The van der Waals surface area contributed by atoms with Crippen LogP contribution in [0.25, 0.3) is 11.3 Å². The van der Waals surface area contributed by atoms with E-state index in [0.29, 0.717) is 4.90 Å². The number of rotatable bonds is 4. The summed E-state index contributed by atoms with van der Waals surface area (Å²) in [5.41, 5.74) is 2.79. The second-order valence-corrected chi connectivity index (χ2v) is 8.72. The second-order valence-electron chi connectivity index (χ2n) is 6.70. The number of anilines is 2. The fourth-order valence-electron chi connectivity index (χ4n) is 3.36. The highest BCUT2D eigenvalue weighted by molar-refractivity contribution is 7.90. The van der Waals surface area contributed by atoms with Gasteiger partial charge in [-0.1, -0.05) is 12.1 Å². The first kappa shape index (κ1) is 18.4. The van der Waals surface area contributed by atoms with Gasteiger partial charge < -0.3 is 9.80 Å². The molecule has 3 aromatic rings. The minimum absolute atomic E-state index is 0.299. The normalized spacial score (nSPS) is 14.9. The summed E-state index contributed by atoms with van der Waals surface area (Å²) in [7, 11) is -3.22. The standard InChI is InChI=1S/C20H21N5O2S/c1-28(26,27)18-4-2-16(3-5-18)19-20(23-11-10-22-19)25-14-12-24(13-15-25)17-6-8-21-9-7-17/h2-11H,12-15H2,1H3. The highest BCUT2D eigenvalue weighted by Crippen LogP contribution is 2.28. The van der Waals surface area contributed by atoms with E-state index in [9.17, 15) is 8.42 Å². The number of hydrogen-bond donors (Lipinski definition) is 0. The molecule has 0 bridgehead atoms. The summed E-state index contributed by atoms with van der Waals surface area (Å²) in [5, 5.41) is 0. The fraction of sp³-hybridized carbons (Fsp3) is 0.250. The van der Waals surface area contributed by atoms with Gasteiger partial charge >= 0.3 is 0 Å². The Morgan fingerprint density at radius 3 is 2.04 bits per heavy atom. The number of piperazine rings is 1. The van der Waals surface area contributed by atoms with Crippen LogP contribution in [0, 0.1) is 0 Å². The molecule has 28 heavy (non-hydrogen) atoms. The molecule has 3 heterocycles. The molecule has 0 N–H and O–H groups in total. The van der Waals surface area contributed by atoms with Crippen molar-refractivity contribution >= 4 is 21.3 Å². The quantitative estimate of drug-likeness (QED) is 0.670. The van der Waals surface area contributed by atoms with Crippen molar-refractivity contribution in [1.82, 2.24) is 15.0 Å². The van der Waals surface area contributed by atoms with Crippen molar-refractivity contribution in [2.75, 3.05) is 42.2 Å². The molecule has 2 aromatic heterocycles. The van der Waals surface area contributed by atoms with Gasteiger partial charge in [0.05, 0.1) is 4.90 Å². The zero-order valence-electron chi connectivity index (χ0n) is 15.6. The summed E-state index contributed by atoms with van der Waals surface area (Å²) in [6.07, 6.45) is 8.18. The third kappa shape index (κ3) is 3.82. The van der Waals surface area contributed by atoms with Crippen molar-refractivity contribution in [3.63, 3.8) is 0 Å². The maximum Gasteiger partial charge on any atom is 0.175 e. The number of sulfone groups is 1. The maximum atomic E-state index is 11.7. The summed E-state index contributed by atoms with van der Waals surface area (Å²) < 4.78 is 23.4. The molecule has 144 valence electrons. The van der Waals surface area contributed by atoms with Gasteiger partial charge in [0.1, 0.15) is 5.69 Å². The van der Waals surface area contributed by atoms with Gasteiger partial charge in [0, 0.05) is 68.5 Å². The average molecular weight is 395 g/mol. The summed E-state index contributed by atoms with van der Waals surface area (Å²) in [5.74, 6) is 0.823. The van der Waals surface area contributed by atoms with E-state index < -0.39 is 9.84 Å². The Hall–Kier alpha value is -3.00. The van der Waals surface area contributed by atoms with Crippen LogP contribution in [-0.2, 0) is 9.84 Å². The molecule has 0 atom stereocenters. The third-order valence-corrected chi connectivity index (χ3v) is 5.97. The Balaban J connectivity index is 1.56. The lowest BCUT2D eigenvalue weighted by molar-refractivity contribution is 0.602. The Morgan fingerprint density at radius 2 is 1.39 bits per heavy atom. The van der Waals surface area contributed by atoms with Gasteiger partial charge in [-0.05, 0) is 24.3 Å².